The minimum absolute atomic E-state index is 0.0191. The molecular formula is C12H20N4O2S. The van der Waals surface area contributed by atoms with Crippen LogP contribution in [-0.2, 0) is 4.79 Å². The van der Waals surface area contributed by atoms with Crippen molar-refractivity contribution < 1.29 is 9.90 Å². The number of thioether (sulfide) groups is 1. The molecule has 1 aromatic heterocycles. The lowest BCUT2D eigenvalue weighted by atomic mass is 9.78. The van der Waals surface area contributed by atoms with Gasteiger partial charge in [0.05, 0.1) is 5.75 Å². The fraction of sp³-hybridized carbons (Fsp3) is 0.750. The number of rotatable bonds is 4. The molecule has 1 fully saturated rings. The number of nitrogens with two attached hydrogens (primary N) is 1. The third kappa shape index (κ3) is 3.02. The second kappa shape index (κ2) is 5.81. The zero-order valence-electron chi connectivity index (χ0n) is 11.2. The molecule has 6 nitrogen and oxygen atoms in total. The van der Waals surface area contributed by atoms with E-state index in [1.165, 1.54) is 18.2 Å². The number of anilines is 1. The maximum absolute atomic E-state index is 10.7. The van der Waals surface area contributed by atoms with E-state index >= 15 is 0 Å². The minimum atomic E-state index is -0.858. The van der Waals surface area contributed by atoms with Gasteiger partial charge in [-0.15, -0.1) is 10.2 Å². The highest BCUT2D eigenvalue weighted by atomic mass is 32.2. The predicted molar refractivity (Wildman–Crippen MR) is 74.0 cm³/mol. The van der Waals surface area contributed by atoms with Gasteiger partial charge in [0, 0.05) is 6.04 Å². The fourth-order valence-electron chi connectivity index (χ4n) is 2.74. The summed E-state index contributed by atoms with van der Waals surface area (Å²) in [6.45, 7) is 4.47. The number of aromatic nitrogens is 3. The van der Waals surface area contributed by atoms with Crippen LogP contribution in [0.15, 0.2) is 5.16 Å². The summed E-state index contributed by atoms with van der Waals surface area (Å²) in [5.41, 5.74) is 5.91. The third-order valence-corrected chi connectivity index (χ3v) is 4.94. The normalized spacial score (nSPS) is 27.4. The Balaban J connectivity index is 2.22. The van der Waals surface area contributed by atoms with Crippen LogP contribution in [0.4, 0.5) is 5.95 Å². The van der Waals surface area contributed by atoms with E-state index in [1.54, 1.807) is 0 Å². The second-order valence-electron chi connectivity index (χ2n) is 5.23. The van der Waals surface area contributed by atoms with Crippen LogP contribution in [0.2, 0.25) is 0 Å². The highest BCUT2D eigenvalue weighted by Gasteiger charge is 2.31. The second-order valence-corrected chi connectivity index (χ2v) is 6.17. The van der Waals surface area contributed by atoms with Crippen LogP contribution in [0, 0.1) is 11.8 Å². The standard InChI is InChI=1S/C12H20N4O2S/c1-7-4-3-5-9(8(7)2)16-11(13)14-15-12(16)19-6-10(17)18/h7-9H,3-6H2,1-2H3,(H2,13,14)(H,17,18). The molecule has 1 aromatic rings. The molecule has 2 rings (SSSR count). The van der Waals surface area contributed by atoms with Gasteiger partial charge in [-0.2, -0.15) is 0 Å². The van der Waals surface area contributed by atoms with Gasteiger partial charge >= 0.3 is 5.97 Å². The van der Waals surface area contributed by atoms with Crippen LogP contribution in [-0.4, -0.2) is 31.6 Å². The van der Waals surface area contributed by atoms with Gasteiger partial charge < -0.3 is 10.8 Å². The molecule has 3 N–H and O–H groups in total. The summed E-state index contributed by atoms with van der Waals surface area (Å²) in [5, 5.41) is 17.3. The average molecular weight is 284 g/mol. The summed E-state index contributed by atoms with van der Waals surface area (Å²) < 4.78 is 1.92. The first-order chi connectivity index (χ1) is 9.00. The van der Waals surface area contributed by atoms with Crippen molar-refractivity contribution in [2.45, 2.75) is 44.3 Å². The first-order valence-electron chi connectivity index (χ1n) is 6.55. The SMILES string of the molecule is CC1CCCC(n2c(N)nnc2SCC(=O)O)C1C. The first kappa shape index (κ1) is 14.2. The van der Waals surface area contributed by atoms with E-state index in [0.717, 1.165) is 12.8 Å². The van der Waals surface area contributed by atoms with E-state index in [9.17, 15) is 4.79 Å². The smallest absolute Gasteiger partial charge is 0.313 e. The molecule has 3 unspecified atom stereocenters. The molecule has 0 saturated heterocycles. The molecule has 0 spiro atoms. The lowest BCUT2D eigenvalue weighted by molar-refractivity contribution is -0.133. The number of nitrogen functional groups attached to an aromatic ring is 1. The predicted octanol–water partition coefficient (Wildman–Crippen LogP) is 2.03. The van der Waals surface area contributed by atoms with Gasteiger partial charge in [0.25, 0.3) is 0 Å². The van der Waals surface area contributed by atoms with Crippen molar-refractivity contribution >= 4 is 23.7 Å². The van der Waals surface area contributed by atoms with Crippen LogP contribution in [0.1, 0.15) is 39.2 Å². The van der Waals surface area contributed by atoms with E-state index < -0.39 is 5.97 Å². The molecule has 0 aromatic carbocycles. The molecule has 1 saturated carbocycles. The van der Waals surface area contributed by atoms with Crippen LogP contribution >= 0.6 is 11.8 Å². The number of nitrogens with zero attached hydrogens (tertiary/aromatic N) is 3. The highest BCUT2D eigenvalue weighted by molar-refractivity contribution is 7.99. The number of carboxylic acid groups (broad SMARTS) is 1. The number of hydrogen-bond donors (Lipinski definition) is 2. The largest absolute Gasteiger partial charge is 0.481 e. The molecule has 1 aliphatic carbocycles. The zero-order chi connectivity index (χ0) is 14.0. The van der Waals surface area contributed by atoms with Gasteiger partial charge in [0.15, 0.2) is 5.16 Å². The van der Waals surface area contributed by atoms with Gasteiger partial charge in [0.2, 0.25) is 5.95 Å². The molecule has 1 heterocycles. The van der Waals surface area contributed by atoms with Gasteiger partial charge in [-0.05, 0) is 18.3 Å². The molecule has 0 amide bonds. The third-order valence-electron chi connectivity index (χ3n) is 4.01. The van der Waals surface area contributed by atoms with E-state index in [0.29, 0.717) is 22.9 Å². The Morgan fingerprint density at radius 1 is 1.47 bits per heavy atom. The Morgan fingerprint density at radius 2 is 2.21 bits per heavy atom. The number of hydrogen-bond acceptors (Lipinski definition) is 5. The summed E-state index contributed by atoms with van der Waals surface area (Å²) in [4.78, 5) is 10.7. The van der Waals surface area contributed by atoms with Crippen LogP contribution in [0.25, 0.3) is 0 Å². The summed E-state index contributed by atoms with van der Waals surface area (Å²) in [7, 11) is 0. The highest BCUT2D eigenvalue weighted by Crippen LogP contribution is 2.40. The van der Waals surface area contributed by atoms with Gasteiger partial charge in [-0.25, -0.2) is 0 Å². The Labute approximate surface area is 116 Å². The van der Waals surface area contributed by atoms with E-state index in [-0.39, 0.29) is 11.8 Å². The lowest BCUT2D eigenvalue weighted by Gasteiger charge is -2.35. The molecule has 1 aliphatic rings. The Bertz CT molecular complexity index is 463. The van der Waals surface area contributed by atoms with Crippen molar-refractivity contribution in [1.82, 2.24) is 14.8 Å². The topological polar surface area (TPSA) is 94.0 Å². The number of carbonyl (C=O) groups is 1. The Kier molecular flexibility index (Phi) is 4.34. The number of aliphatic carboxylic acids is 1. The summed E-state index contributed by atoms with van der Waals surface area (Å²) in [6, 6.07) is 0.273. The number of carboxylic acids is 1. The van der Waals surface area contributed by atoms with Gasteiger partial charge in [-0.1, -0.05) is 38.5 Å². The van der Waals surface area contributed by atoms with Gasteiger partial charge in [0.1, 0.15) is 0 Å². The van der Waals surface area contributed by atoms with E-state index in [4.69, 9.17) is 10.8 Å². The molecular weight excluding hydrogens is 264 g/mol. The van der Waals surface area contributed by atoms with Crippen molar-refractivity contribution in [2.75, 3.05) is 11.5 Å². The quantitative estimate of drug-likeness (QED) is 0.822. The van der Waals surface area contributed by atoms with Crippen molar-refractivity contribution in [3.05, 3.63) is 0 Å². The Morgan fingerprint density at radius 3 is 2.89 bits per heavy atom. The van der Waals surface area contributed by atoms with Gasteiger partial charge in [-0.3, -0.25) is 9.36 Å². The van der Waals surface area contributed by atoms with Crippen molar-refractivity contribution in [1.29, 1.82) is 0 Å². The molecule has 7 heteroatoms. The molecule has 3 atom stereocenters. The van der Waals surface area contributed by atoms with Crippen molar-refractivity contribution in [3.8, 4) is 0 Å². The maximum Gasteiger partial charge on any atom is 0.313 e. The Hall–Kier alpha value is -1.24. The average Bonchev–Trinajstić information content (AvgIpc) is 2.72. The monoisotopic (exact) mass is 284 g/mol. The van der Waals surface area contributed by atoms with E-state index in [1.807, 2.05) is 4.57 Å². The van der Waals surface area contributed by atoms with Crippen LogP contribution in [0.3, 0.4) is 0 Å². The van der Waals surface area contributed by atoms with Crippen LogP contribution < -0.4 is 5.73 Å². The van der Waals surface area contributed by atoms with Crippen molar-refractivity contribution in [2.24, 2.45) is 11.8 Å². The van der Waals surface area contributed by atoms with Crippen LogP contribution in [0.5, 0.6) is 0 Å². The summed E-state index contributed by atoms with van der Waals surface area (Å²) >= 11 is 1.18. The fourth-order valence-corrected chi connectivity index (χ4v) is 3.46. The maximum atomic E-state index is 10.7. The van der Waals surface area contributed by atoms with Crippen molar-refractivity contribution in [3.63, 3.8) is 0 Å². The minimum Gasteiger partial charge on any atom is -0.481 e. The molecule has 19 heavy (non-hydrogen) atoms. The molecule has 0 bridgehead atoms. The zero-order valence-corrected chi connectivity index (χ0v) is 12.1. The summed E-state index contributed by atoms with van der Waals surface area (Å²) in [5.74, 6) is 0.644. The first-order valence-corrected chi connectivity index (χ1v) is 7.54. The molecule has 0 radical (unpaired) electrons. The summed E-state index contributed by atoms with van der Waals surface area (Å²) in [6.07, 6.45) is 3.45. The van der Waals surface area contributed by atoms with E-state index in [2.05, 4.69) is 24.0 Å². The lowest BCUT2D eigenvalue weighted by Crippen LogP contribution is -2.28. The molecule has 0 aliphatic heterocycles. The molecule has 106 valence electrons.